The molecule has 8 aromatic rings. The lowest BCUT2D eigenvalue weighted by Crippen LogP contribution is -2.55. The van der Waals surface area contributed by atoms with E-state index in [9.17, 15) is 0 Å². The molecule has 0 N–H and O–H groups in total. The number of thiophene rings is 1. The van der Waals surface area contributed by atoms with Crippen molar-refractivity contribution in [2.24, 2.45) is 0 Å². The van der Waals surface area contributed by atoms with Gasteiger partial charge >= 0.3 is 0 Å². The van der Waals surface area contributed by atoms with E-state index in [2.05, 4.69) is 180 Å². The van der Waals surface area contributed by atoms with Crippen LogP contribution in [0.4, 0.5) is 0 Å². The Hall–Kier alpha value is -5.12. The molecule has 2 heterocycles. The Morgan fingerprint density at radius 3 is 1.31 bits per heavy atom. The topological polar surface area (TPSA) is 4.93 Å². The molecule has 8 rings (SSSR count). The summed E-state index contributed by atoms with van der Waals surface area (Å²) in [5.41, 5.74) is 18.4. The molecule has 0 saturated carbocycles. The Kier molecular flexibility index (Phi) is 7.89. The van der Waals surface area contributed by atoms with Crippen LogP contribution in [0.3, 0.4) is 0 Å². The van der Waals surface area contributed by atoms with Crippen LogP contribution in [-0.2, 0) is 0 Å². The third-order valence-corrected chi connectivity index (χ3v) is 11.4. The van der Waals surface area contributed by atoms with Crippen molar-refractivity contribution in [2.75, 3.05) is 0 Å². The summed E-state index contributed by atoms with van der Waals surface area (Å²) in [7, 11) is 0. The summed E-state index contributed by atoms with van der Waals surface area (Å²) in [5, 5.41) is 2.58. The van der Waals surface area contributed by atoms with Crippen molar-refractivity contribution in [2.45, 2.75) is 41.5 Å². The molecule has 0 aliphatic heterocycles. The standard InChI is InChI=1S/C46H40BNS/c1-29-25-31(3)45(32(4)26-29)47(46-33(5)27-30(2)28-34(46)6)37-19-15-35(16-20-37)43-23-24-44(49-43)36-17-21-38(22-18-36)48-41-13-9-7-11-39(41)40-12-8-10-14-42(40)48/h7-28H,1-6H3. The SMILES string of the molecule is Cc1cc(C)c(B(c2ccc(-c3ccc(-c4ccc(-n5c6ccccc6c6ccccc65)cc4)s3)cc2)c2c(C)cc(C)cc2C)c(C)c1. The van der Waals surface area contributed by atoms with E-state index in [4.69, 9.17) is 0 Å². The zero-order valence-corrected chi connectivity index (χ0v) is 30.0. The fraction of sp³-hybridized carbons (Fsp3) is 0.130. The molecule has 0 aliphatic carbocycles. The molecule has 0 bridgehead atoms. The summed E-state index contributed by atoms with van der Waals surface area (Å²) in [6, 6.07) is 49.7. The molecular formula is C46H40BNS. The minimum Gasteiger partial charge on any atom is -0.309 e. The van der Waals surface area contributed by atoms with Gasteiger partial charge in [0.2, 0.25) is 6.71 Å². The number of hydrogen-bond donors (Lipinski definition) is 0. The van der Waals surface area contributed by atoms with E-state index in [1.54, 1.807) is 0 Å². The zero-order valence-electron chi connectivity index (χ0n) is 29.1. The molecule has 0 amide bonds. The largest absolute Gasteiger partial charge is 0.309 e. The minimum atomic E-state index is 0.183. The summed E-state index contributed by atoms with van der Waals surface area (Å²) >= 11 is 1.86. The van der Waals surface area contributed by atoms with Crippen LogP contribution >= 0.6 is 11.3 Å². The minimum absolute atomic E-state index is 0.183. The lowest BCUT2D eigenvalue weighted by atomic mass is 9.34. The van der Waals surface area contributed by atoms with Crippen LogP contribution in [0.25, 0.3) is 48.4 Å². The molecule has 2 aromatic heterocycles. The van der Waals surface area contributed by atoms with Gasteiger partial charge < -0.3 is 4.57 Å². The lowest BCUT2D eigenvalue weighted by molar-refractivity contribution is 1.18. The second kappa shape index (κ2) is 12.4. The first-order valence-corrected chi connectivity index (χ1v) is 18.0. The summed E-state index contributed by atoms with van der Waals surface area (Å²) < 4.78 is 2.38. The second-order valence-corrected chi connectivity index (χ2v) is 14.8. The smallest absolute Gasteiger partial charge is 0.242 e. The van der Waals surface area contributed by atoms with E-state index < -0.39 is 0 Å². The molecular weight excluding hydrogens is 609 g/mol. The van der Waals surface area contributed by atoms with Crippen LogP contribution in [0, 0.1) is 41.5 Å². The van der Waals surface area contributed by atoms with E-state index in [1.807, 2.05) is 11.3 Å². The van der Waals surface area contributed by atoms with Gasteiger partial charge in [-0.2, -0.15) is 0 Å². The van der Waals surface area contributed by atoms with Crippen LogP contribution < -0.4 is 16.4 Å². The van der Waals surface area contributed by atoms with Crippen molar-refractivity contribution in [1.82, 2.24) is 4.57 Å². The zero-order chi connectivity index (χ0) is 33.8. The molecule has 0 unspecified atom stereocenters. The Morgan fingerprint density at radius 2 is 0.857 bits per heavy atom. The van der Waals surface area contributed by atoms with E-state index in [-0.39, 0.29) is 6.71 Å². The molecule has 0 fully saturated rings. The highest BCUT2D eigenvalue weighted by molar-refractivity contribution is 7.18. The maximum Gasteiger partial charge on any atom is 0.242 e. The van der Waals surface area contributed by atoms with Gasteiger partial charge in [-0.1, -0.05) is 147 Å². The van der Waals surface area contributed by atoms with Crippen molar-refractivity contribution in [3.8, 4) is 26.6 Å². The van der Waals surface area contributed by atoms with Crippen molar-refractivity contribution < 1.29 is 0 Å². The van der Waals surface area contributed by atoms with E-state index in [0.717, 1.165) is 0 Å². The predicted molar refractivity (Wildman–Crippen MR) is 215 cm³/mol. The van der Waals surface area contributed by atoms with Gasteiger partial charge in [0.15, 0.2) is 0 Å². The van der Waals surface area contributed by atoms with Crippen molar-refractivity contribution >= 4 is 56.2 Å². The first-order valence-electron chi connectivity index (χ1n) is 17.2. The Labute approximate surface area is 294 Å². The van der Waals surface area contributed by atoms with Gasteiger partial charge in [0.25, 0.3) is 0 Å². The molecule has 3 heteroatoms. The Balaban J connectivity index is 1.12. The highest BCUT2D eigenvalue weighted by Gasteiger charge is 2.28. The molecule has 0 aliphatic rings. The molecule has 49 heavy (non-hydrogen) atoms. The van der Waals surface area contributed by atoms with E-state index >= 15 is 0 Å². The van der Waals surface area contributed by atoms with Crippen molar-refractivity contribution in [3.05, 3.63) is 167 Å². The Bertz CT molecular complexity index is 2340. The average molecular weight is 650 g/mol. The molecule has 0 atom stereocenters. The number of fused-ring (bicyclic) bond motifs is 3. The van der Waals surface area contributed by atoms with Crippen LogP contribution in [0.15, 0.2) is 133 Å². The first kappa shape index (κ1) is 31.2. The van der Waals surface area contributed by atoms with Crippen molar-refractivity contribution in [1.29, 1.82) is 0 Å². The maximum atomic E-state index is 2.38. The Morgan fingerprint density at radius 1 is 0.449 bits per heavy atom. The van der Waals surface area contributed by atoms with Gasteiger partial charge in [0.1, 0.15) is 0 Å². The predicted octanol–water partition coefficient (Wildman–Crippen LogP) is 10.5. The summed E-state index contributed by atoms with van der Waals surface area (Å²) in [4.78, 5) is 2.57. The van der Waals surface area contributed by atoms with E-state index in [1.165, 1.54) is 98.1 Å². The maximum absolute atomic E-state index is 2.38. The normalized spacial score (nSPS) is 11.5. The van der Waals surface area contributed by atoms with Gasteiger partial charge in [-0.3, -0.25) is 0 Å². The number of hydrogen-bond acceptors (Lipinski definition) is 1. The highest BCUT2D eigenvalue weighted by Crippen LogP contribution is 2.36. The summed E-state index contributed by atoms with van der Waals surface area (Å²) in [6.07, 6.45) is 0. The summed E-state index contributed by atoms with van der Waals surface area (Å²) in [5.74, 6) is 0. The third-order valence-electron chi connectivity index (χ3n) is 10.2. The molecule has 238 valence electrons. The van der Waals surface area contributed by atoms with Crippen molar-refractivity contribution in [3.63, 3.8) is 0 Å². The van der Waals surface area contributed by atoms with Gasteiger partial charge in [-0.25, -0.2) is 0 Å². The van der Waals surface area contributed by atoms with Gasteiger partial charge in [-0.15, -0.1) is 11.3 Å². The van der Waals surface area contributed by atoms with Gasteiger partial charge in [-0.05, 0) is 89.1 Å². The number of para-hydroxylation sites is 2. The molecule has 1 nitrogen and oxygen atoms in total. The fourth-order valence-corrected chi connectivity index (χ4v) is 9.25. The average Bonchev–Trinajstić information content (AvgIpc) is 3.71. The van der Waals surface area contributed by atoms with E-state index in [0.29, 0.717) is 0 Å². The highest BCUT2D eigenvalue weighted by atomic mass is 32.1. The van der Waals surface area contributed by atoms with Crippen LogP contribution in [-0.4, -0.2) is 11.3 Å². The molecule has 6 aromatic carbocycles. The number of benzene rings is 6. The quantitative estimate of drug-likeness (QED) is 0.158. The summed E-state index contributed by atoms with van der Waals surface area (Å²) in [6.45, 7) is 13.7. The number of aryl methyl sites for hydroxylation is 6. The van der Waals surface area contributed by atoms with Crippen LogP contribution in [0.2, 0.25) is 0 Å². The van der Waals surface area contributed by atoms with Gasteiger partial charge in [0.05, 0.1) is 11.0 Å². The van der Waals surface area contributed by atoms with Crippen LogP contribution in [0.1, 0.15) is 33.4 Å². The molecule has 0 radical (unpaired) electrons. The number of aromatic nitrogens is 1. The third kappa shape index (κ3) is 5.53. The van der Waals surface area contributed by atoms with Gasteiger partial charge in [0, 0.05) is 26.2 Å². The first-order chi connectivity index (χ1) is 23.8. The molecule has 0 spiro atoms. The number of nitrogens with zero attached hydrogens (tertiary/aromatic N) is 1. The number of rotatable bonds is 6. The second-order valence-electron chi connectivity index (χ2n) is 13.8. The lowest BCUT2D eigenvalue weighted by Gasteiger charge is -2.24. The monoisotopic (exact) mass is 649 g/mol. The fourth-order valence-electron chi connectivity index (χ4n) is 8.23. The molecule has 0 saturated heterocycles. The van der Waals surface area contributed by atoms with Crippen LogP contribution in [0.5, 0.6) is 0 Å².